The van der Waals surface area contributed by atoms with E-state index >= 15 is 0 Å². The van der Waals surface area contributed by atoms with Crippen molar-refractivity contribution in [1.82, 2.24) is 20.1 Å². The first kappa shape index (κ1) is 19.8. The fraction of sp³-hybridized carbons (Fsp3) is 0.318. The highest BCUT2D eigenvalue weighted by Crippen LogP contribution is 2.36. The maximum atomic E-state index is 13.2. The summed E-state index contributed by atoms with van der Waals surface area (Å²) in [4.78, 5) is 43.0. The van der Waals surface area contributed by atoms with Crippen molar-refractivity contribution >= 4 is 28.5 Å². The normalized spacial score (nSPS) is 19.0. The molecule has 3 heterocycles. The molecule has 1 aromatic carbocycles. The lowest BCUT2D eigenvalue weighted by atomic mass is 9.88. The van der Waals surface area contributed by atoms with E-state index in [1.807, 2.05) is 18.2 Å². The summed E-state index contributed by atoms with van der Waals surface area (Å²) in [6, 6.07) is 7.17. The number of rotatable bonds is 5. The maximum absolute atomic E-state index is 13.2. The lowest BCUT2D eigenvalue weighted by Crippen LogP contribution is -2.45. The number of nitrogens with two attached hydrogens (primary N) is 1. The van der Waals surface area contributed by atoms with Crippen LogP contribution in [-0.4, -0.2) is 44.2 Å². The molecule has 3 aromatic rings. The third kappa shape index (κ3) is 3.80. The highest BCUT2D eigenvalue weighted by molar-refractivity contribution is 6.36. The molecule has 1 aliphatic heterocycles. The Kier molecular flexibility index (Phi) is 5.31. The molecule has 8 heteroatoms. The van der Waals surface area contributed by atoms with Crippen LogP contribution < -0.4 is 5.73 Å². The molecule has 2 aromatic heterocycles. The number of hydrogen-bond acceptors (Lipinski definition) is 5. The third-order valence-corrected chi connectivity index (χ3v) is 5.64. The van der Waals surface area contributed by atoms with Gasteiger partial charge in [-0.05, 0) is 42.0 Å². The Morgan fingerprint density at radius 1 is 1.20 bits per heavy atom. The van der Waals surface area contributed by atoms with Crippen LogP contribution in [0.2, 0.25) is 0 Å². The minimum Gasteiger partial charge on any atom is -0.366 e. The fourth-order valence-electron chi connectivity index (χ4n) is 4.12. The van der Waals surface area contributed by atoms with Gasteiger partial charge < -0.3 is 10.6 Å². The molecule has 8 nitrogen and oxygen atoms in total. The van der Waals surface area contributed by atoms with Crippen LogP contribution >= 0.6 is 0 Å². The van der Waals surface area contributed by atoms with E-state index in [-0.39, 0.29) is 18.0 Å². The molecule has 30 heavy (non-hydrogen) atoms. The highest BCUT2D eigenvalue weighted by Gasteiger charge is 2.34. The Morgan fingerprint density at radius 2 is 2.03 bits per heavy atom. The molecule has 0 aliphatic carbocycles. The van der Waals surface area contributed by atoms with Gasteiger partial charge >= 0.3 is 0 Å². The Balaban J connectivity index is 1.60. The van der Waals surface area contributed by atoms with Crippen LogP contribution in [0.5, 0.6) is 0 Å². The van der Waals surface area contributed by atoms with Crippen LogP contribution in [-0.2, 0) is 16.0 Å². The van der Waals surface area contributed by atoms with Crippen molar-refractivity contribution in [2.45, 2.75) is 32.2 Å². The van der Waals surface area contributed by atoms with Crippen molar-refractivity contribution in [1.29, 1.82) is 0 Å². The quantitative estimate of drug-likeness (QED) is 0.630. The Morgan fingerprint density at radius 3 is 2.83 bits per heavy atom. The zero-order chi connectivity index (χ0) is 21.3. The van der Waals surface area contributed by atoms with Gasteiger partial charge in [0.15, 0.2) is 0 Å². The Hall–Kier alpha value is -3.55. The second-order valence-electron chi connectivity index (χ2n) is 7.88. The monoisotopic (exact) mass is 405 g/mol. The summed E-state index contributed by atoms with van der Waals surface area (Å²) in [6.45, 7) is 2.60. The number of nitrogens with one attached hydrogen (secondary N) is 1. The molecule has 1 saturated heterocycles. The zero-order valence-electron chi connectivity index (χ0n) is 16.7. The fourth-order valence-corrected chi connectivity index (χ4v) is 4.12. The standard InChI is InChI=1S/C22H23N5O3/c1-13-5-6-19(16-3-2-4-18-17(16)11-25-26-18)27(12-13)22(30)20(28)8-14-7-15(21(23)29)10-24-9-14/h2-4,7,9-11,13,19H,5-6,8,12H2,1H3,(H2,23,29)(H,25,26)/t13-,19+/m1/s1. The molecule has 0 bridgehead atoms. The number of aromatic amines is 1. The summed E-state index contributed by atoms with van der Waals surface area (Å²) in [7, 11) is 0. The molecule has 3 N–H and O–H groups in total. The number of nitrogens with zero attached hydrogens (tertiary/aromatic N) is 3. The van der Waals surface area contributed by atoms with Gasteiger partial charge in [-0.15, -0.1) is 0 Å². The number of carbonyl (C=O) groups is 3. The number of likely N-dealkylation sites (tertiary alicyclic amines) is 1. The predicted octanol–water partition coefficient (Wildman–Crippen LogP) is 2.17. The van der Waals surface area contributed by atoms with E-state index in [1.165, 1.54) is 18.5 Å². The van der Waals surface area contributed by atoms with E-state index in [0.29, 0.717) is 18.0 Å². The minimum absolute atomic E-state index is 0.125. The molecule has 154 valence electrons. The number of primary amides is 1. The summed E-state index contributed by atoms with van der Waals surface area (Å²) in [5.41, 5.74) is 7.87. The Labute approximate surface area is 173 Å². The first-order chi connectivity index (χ1) is 14.4. The first-order valence-electron chi connectivity index (χ1n) is 9.93. The molecule has 2 amide bonds. The topological polar surface area (TPSA) is 122 Å². The molecule has 0 unspecified atom stereocenters. The van der Waals surface area contributed by atoms with E-state index in [4.69, 9.17) is 5.73 Å². The predicted molar refractivity (Wildman–Crippen MR) is 110 cm³/mol. The maximum Gasteiger partial charge on any atom is 0.290 e. The van der Waals surface area contributed by atoms with Gasteiger partial charge in [0.05, 0.1) is 23.3 Å². The van der Waals surface area contributed by atoms with Gasteiger partial charge in [-0.2, -0.15) is 5.10 Å². The first-order valence-corrected chi connectivity index (χ1v) is 9.93. The smallest absolute Gasteiger partial charge is 0.290 e. The average Bonchev–Trinajstić information content (AvgIpc) is 3.22. The average molecular weight is 405 g/mol. The van der Waals surface area contributed by atoms with Gasteiger partial charge in [-0.3, -0.25) is 24.5 Å². The zero-order valence-corrected chi connectivity index (χ0v) is 16.7. The van der Waals surface area contributed by atoms with Crippen molar-refractivity contribution in [3.63, 3.8) is 0 Å². The van der Waals surface area contributed by atoms with E-state index in [0.717, 1.165) is 29.3 Å². The van der Waals surface area contributed by atoms with Gasteiger partial charge in [-0.1, -0.05) is 19.1 Å². The molecule has 4 rings (SSSR count). The van der Waals surface area contributed by atoms with Crippen molar-refractivity contribution in [2.75, 3.05) is 6.54 Å². The number of aromatic nitrogens is 3. The van der Waals surface area contributed by atoms with Gasteiger partial charge in [0, 0.05) is 30.7 Å². The van der Waals surface area contributed by atoms with Crippen LogP contribution in [0.3, 0.4) is 0 Å². The molecule has 1 aliphatic rings. The van der Waals surface area contributed by atoms with Crippen LogP contribution in [0.1, 0.15) is 47.3 Å². The van der Waals surface area contributed by atoms with Gasteiger partial charge in [-0.25, -0.2) is 0 Å². The Bertz CT molecular complexity index is 1120. The number of amides is 2. The van der Waals surface area contributed by atoms with Crippen LogP contribution in [0.25, 0.3) is 10.9 Å². The molecule has 0 spiro atoms. The van der Waals surface area contributed by atoms with Gasteiger partial charge in [0.25, 0.3) is 5.91 Å². The lowest BCUT2D eigenvalue weighted by molar-refractivity contribution is -0.147. The summed E-state index contributed by atoms with van der Waals surface area (Å²) in [5, 5.41) is 8.03. The number of Topliss-reactive ketones (excluding diaryl/α,β-unsaturated/α-hetero) is 1. The molecule has 2 atom stereocenters. The SMILES string of the molecule is C[C@@H]1CC[C@@H](c2cccc3[nH]ncc23)N(C(=O)C(=O)Cc2cncc(C(N)=O)c2)C1. The second-order valence-corrected chi connectivity index (χ2v) is 7.88. The second kappa shape index (κ2) is 8.06. The molecular weight excluding hydrogens is 382 g/mol. The third-order valence-electron chi connectivity index (χ3n) is 5.64. The van der Waals surface area contributed by atoms with E-state index < -0.39 is 17.6 Å². The number of fused-ring (bicyclic) bond motifs is 1. The molecule has 0 saturated carbocycles. The summed E-state index contributed by atoms with van der Waals surface area (Å²) in [6.07, 6.45) is 6.20. The van der Waals surface area contributed by atoms with Crippen LogP contribution in [0.4, 0.5) is 0 Å². The highest BCUT2D eigenvalue weighted by atomic mass is 16.2. The number of hydrogen-bond donors (Lipinski definition) is 2. The number of carbonyl (C=O) groups excluding carboxylic acids is 3. The van der Waals surface area contributed by atoms with Crippen LogP contribution in [0, 0.1) is 5.92 Å². The number of ketones is 1. The minimum atomic E-state index is -0.624. The van der Waals surface area contributed by atoms with Crippen LogP contribution in [0.15, 0.2) is 42.9 Å². The van der Waals surface area contributed by atoms with E-state index in [2.05, 4.69) is 22.1 Å². The van der Waals surface area contributed by atoms with E-state index in [1.54, 1.807) is 11.1 Å². The van der Waals surface area contributed by atoms with Gasteiger partial charge in [0.1, 0.15) is 0 Å². The van der Waals surface area contributed by atoms with Crippen molar-refractivity contribution in [3.05, 3.63) is 59.5 Å². The van der Waals surface area contributed by atoms with Gasteiger partial charge in [0.2, 0.25) is 11.7 Å². The van der Waals surface area contributed by atoms with E-state index in [9.17, 15) is 14.4 Å². The number of H-pyrrole nitrogens is 1. The summed E-state index contributed by atoms with van der Waals surface area (Å²) >= 11 is 0. The van der Waals surface area contributed by atoms with Crippen molar-refractivity contribution < 1.29 is 14.4 Å². The number of pyridine rings is 1. The molecular formula is C22H23N5O3. The molecule has 1 fully saturated rings. The number of benzene rings is 1. The summed E-state index contributed by atoms with van der Waals surface area (Å²) < 4.78 is 0. The molecule has 0 radical (unpaired) electrons. The van der Waals surface area contributed by atoms with Crippen molar-refractivity contribution in [2.24, 2.45) is 11.7 Å². The number of piperidine rings is 1. The summed E-state index contributed by atoms with van der Waals surface area (Å²) in [5.74, 6) is -1.36. The van der Waals surface area contributed by atoms with Crippen molar-refractivity contribution in [3.8, 4) is 0 Å². The lowest BCUT2D eigenvalue weighted by Gasteiger charge is -2.39. The largest absolute Gasteiger partial charge is 0.366 e.